The van der Waals surface area contributed by atoms with E-state index in [1.807, 2.05) is 0 Å². The van der Waals surface area contributed by atoms with Crippen molar-refractivity contribution in [3.8, 4) is 0 Å². The number of hydrogen-bond donors (Lipinski definition) is 0. The Bertz CT molecular complexity index is 150. The molecular weight excluding hydrogens is 156 g/mol. The van der Waals surface area contributed by atoms with Gasteiger partial charge in [0.25, 0.3) is 0 Å². The highest BCUT2D eigenvalue weighted by Gasteiger charge is 2.34. The highest BCUT2D eigenvalue weighted by atomic mass is 14.4. The molecule has 1 saturated carbocycles. The predicted octanol–water partition coefficient (Wildman–Crippen LogP) is 4.35. The Hall–Kier alpha value is 0. The van der Waals surface area contributed by atoms with E-state index in [-0.39, 0.29) is 0 Å². The van der Waals surface area contributed by atoms with Crippen LogP contribution >= 0.6 is 0 Å². The SMILES string of the molecule is CCC(C)C(C)C1CCC(C)C1C. The van der Waals surface area contributed by atoms with Crippen LogP contribution in [0.1, 0.15) is 53.9 Å². The average Bonchev–Trinajstić information content (AvgIpc) is 2.45. The molecule has 0 heteroatoms. The van der Waals surface area contributed by atoms with E-state index in [1.54, 1.807) is 0 Å². The van der Waals surface area contributed by atoms with Crippen LogP contribution in [-0.4, -0.2) is 0 Å². The zero-order chi connectivity index (χ0) is 10.0. The zero-order valence-electron chi connectivity index (χ0n) is 10.0. The summed E-state index contributed by atoms with van der Waals surface area (Å²) in [5.74, 6) is 4.79. The van der Waals surface area contributed by atoms with E-state index in [1.165, 1.54) is 19.3 Å². The van der Waals surface area contributed by atoms with E-state index < -0.39 is 0 Å². The molecule has 0 spiro atoms. The Morgan fingerprint density at radius 3 is 2.15 bits per heavy atom. The molecule has 13 heavy (non-hydrogen) atoms. The van der Waals surface area contributed by atoms with Gasteiger partial charge in [-0.05, 0) is 36.0 Å². The molecular formula is C13H26. The summed E-state index contributed by atoms with van der Waals surface area (Å²) in [6.07, 6.45) is 4.29. The van der Waals surface area contributed by atoms with Crippen molar-refractivity contribution in [1.82, 2.24) is 0 Å². The van der Waals surface area contributed by atoms with Crippen molar-refractivity contribution in [2.75, 3.05) is 0 Å². The van der Waals surface area contributed by atoms with Gasteiger partial charge in [-0.25, -0.2) is 0 Å². The number of hydrogen-bond acceptors (Lipinski definition) is 0. The van der Waals surface area contributed by atoms with Gasteiger partial charge in [0.2, 0.25) is 0 Å². The van der Waals surface area contributed by atoms with Crippen LogP contribution in [0.25, 0.3) is 0 Å². The first-order valence-electron chi connectivity index (χ1n) is 6.07. The molecule has 5 unspecified atom stereocenters. The van der Waals surface area contributed by atoms with Gasteiger partial charge in [-0.3, -0.25) is 0 Å². The summed E-state index contributed by atoms with van der Waals surface area (Å²) in [4.78, 5) is 0. The molecule has 1 aliphatic rings. The third kappa shape index (κ3) is 2.27. The van der Waals surface area contributed by atoms with Gasteiger partial charge in [-0.2, -0.15) is 0 Å². The van der Waals surface area contributed by atoms with Gasteiger partial charge in [-0.15, -0.1) is 0 Å². The second-order valence-corrected chi connectivity index (χ2v) is 5.32. The van der Waals surface area contributed by atoms with Crippen molar-refractivity contribution in [2.45, 2.75) is 53.9 Å². The van der Waals surface area contributed by atoms with Crippen molar-refractivity contribution in [2.24, 2.45) is 29.6 Å². The lowest BCUT2D eigenvalue weighted by molar-refractivity contribution is 0.202. The molecule has 0 aromatic heterocycles. The molecule has 0 N–H and O–H groups in total. The monoisotopic (exact) mass is 182 g/mol. The van der Waals surface area contributed by atoms with Crippen LogP contribution in [0.5, 0.6) is 0 Å². The normalized spacial score (nSPS) is 39.0. The summed E-state index contributed by atoms with van der Waals surface area (Å²) < 4.78 is 0. The van der Waals surface area contributed by atoms with Gasteiger partial charge in [0.15, 0.2) is 0 Å². The van der Waals surface area contributed by atoms with Gasteiger partial charge in [0, 0.05) is 0 Å². The molecule has 0 bridgehead atoms. The van der Waals surface area contributed by atoms with Crippen molar-refractivity contribution < 1.29 is 0 Å². The van der Waals surface area contributed by atoms with Crippen LogP contribution < -0.4 is 0 Å². The van der Waals surface area contributed by atoms with Crippen LogP contribution in [0.2, 0.25) is 0 Å². The Morgan fingerprint density at radius 1 is 1.15 bits per heavy atom. The van der Waals surface area contributed by atoms with Crippen molar-refractivity contribution in [3.05, 3.63) is 0 Å². The standard InChI is InChI=1S/C13H26/c1-6-9(2)11(4)13-8-7-10(3)12(13)5/h9-13H,6-8H2,1-5H3. The quantitative estimate of drug-likeness (QED) is 0.608. The minimum absolute atomic E-state index is 0.915. The Labute approximate surface area is 84.1 Å². The Kier molecular flexibility index (Phi) is 3.82. The molecule has 0 amide bonds. The van der Waals surface area contributed by atoms with E-state index >= 15 is 0 Å². The molecule has 0 nitrogen and oxygen atoms in total. The molecule has 1 rings (SSSR count). The van der Waals surface area contributed by atoms with E-state index in [9.17, 15) is 0 Å². The lowest BCUT2D eigenvalue weighted by Crippen LogP contribution is -2.22. The third-order valence-corrected chi connectivity index (χ3v) is 4.75. The van der Waals surface area contributed by atoms with Gasteiger partial charge in [0.05, 0.1) is 0 Å². The third-order valence-electron chi connectivity index (χ3n) is 4.75. The largest absolute Gasteiger partial charge is 0.0651 e. The van der Waals surface area contributed by atoms with Crippen molar-refractivity contribution in [1.29, 1.82) is 0 Å². The fraction of sp³-hybridized carbons (Fsp3) is 1.00. The molecule has 0 radical (unpaired) electrons. The summed E-state index contributed by atoms with van der Waals surface area (Å²) in [6, 6.07) is 0. The molecule has 0 aromatic carbocycles. The molecule has 5 atom stereocenters. The molecule has 1 fully saturated rings. The lowest BCUT2D eigenvalue weighted by atomic mass is 9.77. The summed E-state index contributed by atoms with van der Waals surface area (Å²) >= 11 is 0. The van der Waals surface area contributed by atoms with Crippen LogP contribution in [0.15, 0.2) is 0 Å². The zero-order valence-corrected chi connectivity index (χ0v) is 10.0. The van der Waals surface area contributed by atoms with Gasteiger partial charge in [-0.1, -0.05) is 47.5 Å². The van der Waals surface area contributed by atoms with E-state index in [0.717, 1.165) is 29.6 Å². The van der Waals surface area contributed by atoms with E-state index in [4.69, 9.17) is 0 Å². The minimum atomic E-state index is 0.915. The predicted molar refractivity (Wildman–Crippen MR) is 59.7 cm³/mol. The molecule has 0 saturated heterocycles. The molecule has 0 aliphatic heterocycles. The molecule has 78 valence electrons. The van der Waals surface area contributed by atoms with Crippen LogP contribution in [0.3, 0.4) is 0 Å². The highest BCUT2D eigenvalue weighted by molar-refractivity contribution is 4.84. The summed E-state index contributed by atoms with van der Waals surface area (Å²) in [6.45, 7) is 12.1. The Morgan fingerprint density at radius 2 is 1.77 bits per heavy atom. The first-order valence-corrected chi connectivity index (χ1v) is 6.07. The topological polar surface area (TPSA) is 0 Å². The van der Waals surface area contributed by atoms with Crippen molar-refractivity contribution >= 4 is 0 Å². The summed E-state index contributed by atoms with van der Waals surface area (Å²) in [5.41, 5.74) is 0. The smallest absolute Gasteiger partial charge is 0.0358 e. The fourth-order valence-corrected chi connectivity index (χ4v) is 2.94. The fourth-order valence-electron chi connectivity index (χ4n) is 2.94. The second-order valence-electron chi connectivity index (χ2n) is 5.32. The maximum atomic E-state index is 2.47. The highest BCUT2D eigenvalue weighted by Crippen LogP contribution is 2.43. The first kappa shape index (κ1) is 11.1. The van der Waals surface area contributed by atoms with E-state index in [2.05, 4.69) is 34.6 Å². The molecule has 1 aliphatic carbocycles. The van der Waals surface area contributed by atoms with Crippen LogP contribution in [-0.2, 0) is 0 Å². The second kappa shape index (κ2) is 4.48. The summed E-state index contributed by atoms with van der Waals surface area (Å²) in [7, 11) is 0. The van der Waals surface area contributed by atoms with Crippen LogP contribution in [0, 0.1) is 29.6 Å². The van der Waals surface area contributed by atoms with Gasteiger partial charge < -0.3 is 0 Å². The molecule has 0 aromatic rings. The van der Waals surface area contributed by atoms with Gasteiger partial charge >= 0.3 is 0 Å². The maximum Gasteiger partial charge on any atom is -0.0358 e. The van der Waals surface area contributed by atoms with Gasteiger partial charge in [0.1, 0.15) is 0 Å². The average molecular weight is 182 g/mol. The minimum Gasteiger partial charge on any atom is -0.0651 e. The van der Waals surface area contributed by atoms with E-state index in [0.29, 0.717) is 0 Å². The maximum absolute atomic E-state index is 2.47. The van der Waals surface area contributed by atoms with Crippen LogP contribution in [0.4, 0.5) is 0 Å². The summed E-state index contributed by atoms with van der Waals surface area (Å²) in [5, 5.41) is 0. The first-order chi connectivity index (χ1) is 6.07. The lowest BCUT2D eigenvalue weighted by Gasteiger charge is -2.29. The molecule has 0 heterocycles. The van der Waals surface area contributed by atoms with Crippen molar-refractivity contribution in [3.63, 3.8) is 0 Å². The Balaban J connectivity index is 2.52. The number of rotatable bonds is 3.